The fourth-order valence-corrected chi connectivity index (χ4v) is 4.05. The maximum atomic E-state index is 9.19. The van der Waals surface area contributed by atoms with Crippen molar-refractivity contribution in [1.82, 2.24) is 0 Å². The molecule has 0 amide bonds. The molecule has 0 fully saturated rings. The molecule has 8 heteroatoms. The van der Waals surface area contributed by atoms with Gasteiger partial charge in [-0.2, -0.15) is 0 Å². The summed E-state index contributed by atoms with van der Waals surface area (Å²) in [5.41, 5.74) is 0.286. The Morgan fingerprint density at radius 2 is 1.58 bits per heavy atom. The second-order valence-electron chi connectivity index (χ2n) is 5.38. The van der Waals surface area contributed by atoms with Crippen LogP contribution in [0.2, 0.25) is 0 Å². The van der Waals surface area contributed by atoms with E-state index in [1.807, 2.05) is 0 Å². The van der Waals surface area contributed by atoms with Crippen LogP contribution in [-0.2, 0) is 11.6 Å². The summed E-state index contributed by atoms with van der Waals surface area (Å²) in [6.45, 7) is 3.43. The van der Waals surface area contributed by atoms with Crippen LogP contribution in [0, 0.1) is 6.07 Å². The Morgan fingerprint density at radius 1 is 1.00 bits per heavy atom. The van der Waals surface area contributed by atoms with Crippen molar-refractivity contribution in [3.8, 4) is 0 Å². The second kappa shape index (κ2) is 5.68. The molecule has 6 N–H and O–H groups in total. The summed E-state index contributed by atoms with van der Waals surface area (Å²) in [4.78, 5) is 54.8. The molecular weight excluding hydrogens is 290 g/mol. The van der Waals surface area contributed by atoms with E-state index >= 15 is 0 Å². The molecule has 6 nitrogen and oxygen atoms in total. The Hall–Kier alpha value is -0.160. The Balaban J connectivity index is 2.98. The first kappa shape index (κ1) is 16.9. The van der Waals surface area contributed by atoms with Gasteiger partial charge in [0, 0.05) is 0 Å². The van der Waals surface area contributed by atoms with E-state index in [1.165, 1.54) is 0 Å². The SMILES string of the molecule is CC(C)(C[PH](O)(O)O)c1[c]c(C[PH](O)(O)O)ccc1. The van der Waals surface area contributed by atoms with E-state index in [0.717, 1.165) is 0 Å². The zero-order valence-corrected chi connectivity index (χ0v) is 12.8. The normalized spacial score (nSPS) is 15.4. The van der Waals surface area contributed by atoms with Gasteiger partial charge < -0.3 is 0 Å². The van der Waals surface area contributed by atoms with Gasteiger partial charge in [-0.15, -0.1) is 0 Å². The molecule has 0 aliphatic heterocycles. The summed E-state index contributed by atoms with van der Waals surface area (Å²) in [6.07, 6.45) is -0.475. The minimum atomic E-state index is -4.20. The molecule has 0 aromatic heterocycles. The van der Waals surface area contributed by atoms with Crippen LogP contribution in [0.15, 0.2) is 18.2 Å². The van der Waals surface area contributed by atoms with Crippen LogP contribution in [0.1, 0.15) is 25.0 Å². The van der Waals surface area contributed by atoms with Gasteiger partial charge in [0.2, 0.25) is 0 Å². The Labute approximate surface area is 113 Å². The molecule has 0 saturated heterocycles. The predicted molar refractivity (Wildman–Crippen MR) is 76.8 cm³/mol. The van der Waals surface area contributed by atoms with E-state index in [1.54, 1.807) is 32.0 Å². The van der Waals surface area contributed by atoms with Gasteiger partial charge in [0.15, 0.2) is 0 Å². The summed E-state index contributed by atoms with van der Waals surface area (Å²) >= 11 is 0. The van der Waals surface area contributed by atoms with E-state index in [-0.39, 0.29) is 12.3 Å². The van der Waals surface area contributed by atoms with Crippen LogP contribution in [0.3, 0.4) is 0 Å². The molecule has 0 saturated carbocycles. The van der Waals surface area contributed by atoms with Crippen molar-refractivity contribution in [2.75, 3.05) is 6.16 Å². The van der Waals surface area contributed by atoms with Crippen LogP contribution in [-0.4, -0.2) is 35.5 Å². The third kappa shape index (κ3) is 6.21. The van der Waals surface area contributed by atoms with Crippen molar-refractivity contribution < 1.29 is 29.4 Å². The molecule has 0 unspecified atom stereocenters. The van der Waals surface area contributed by atoms with Crippen LogP contribution in [0.5, 0.6) is 0 Å². The molecule has 0 heterocycles. The van der Waals surface area contributed by atoms with Gasteiger partial charge in [-0.3, -0.25) is 0 Å². The fourth-order valence-electron chi connectivity index (χ4n) is 1.96. The molecule has 19 heavy (non-hydrogen) atoms. The molecule has 0 atom stereocenters. The first-order chi connectivity index (χ1) is 8.39. The molecular formula is C11H21O6P2. The van der Waals surface area contributed by atoms with Crippen LogP contribution >= 0.6 is 15.9 Å². The Kier molecular flexibility index (Phi) is 5.05. The van der Waals surface area contributed by atoms with Crippen LogP contribution < -0.4 is 0 Å². The third-order valence-electron chi connectivity index (χ3n) is 2.69. The Morgan fingerprint density at radius 3 is 2.05 bits per heavy atom. The van der Waals surface area contributed by atoms with Gasteiger partial charge in [0.25, 0.3) is 0 Å². The van der Waals surface area contributed by atoms with E-state index in [0.29, 0.717) is 11.1 Å². The predicted octanol–water partition coefficient (Wildman–Crippen LogP) is 0.208. The first-order valence-corrected chi connectivity index (χ1v) is 9.85. The molecule has 1 radical (unpaired) electrons. The van der Waals surface area contributed by atoms with Crippen molar-refractivity contribution in [2.45, 2.75) is 25.4 Å². The van der Waals surface area contributed by atoms with E-state index in [9.17, 15) is 14.7 Å². The standard InChI is InChI=1S/C11H21O6P2/c1-11(2,8-19(15,16)17)10-5-3-4-9(6-10)7-18(12,13)14/h3-5,12-19H,7-8H2,1-2H3. The summed E-state index contributed by atoms with van der Waals surface area (Å²) in [5, 5.41) is 0. The van der Waals surface area contributed by atoms with Crippen molar-refractivity contribution >= 4 is 15.9 Å². The van der Waals surface area contributed by atoms with Crippen molar-refractivity contribution in [2.24, 2.45) is 0 Å². The molecule has 1 rings (SSSR count). The molecule has 111 valence electrons. The van der Waals surface area contributed by atoms with Gasteiger partial charge in [-0.05, 0) is 0 Å². The zero-order chi connectivity index (χ0) is 14.9. The average Bonchev–Trinajstić information content (AvgIpc) is 2.11. The molecule has 0 aliphatic carbocycles. The maximum absolute atomic E-state index is 9.19. The number of hydrogen-bond donors (Lipinski definition) is 6. The van der Waals surface area contributed by atoms with Gasteiger partial charge in [0.05, 0.1) is 0 Å². The molecule has 1 aromatic carbocycles. The summed E-state index contributed by atoms with van der Waals surface area (Å²) in [7, 11) is -8.40. The van der Waals surface area contributed by atoms with Gasteiger partial charge in [-0.25, -0.2) is 0 Å². The van der Waals surface area contributed by atoms with Crippen molar-refractivity contribution in [1.29, 1.82) is 0 Å². The minimum absolute atomic E-state index is 0.195. The average molecular weight is 311 g/mol. The topological polar surface area (TPSA) is 121 Å². The van der Waals surface area contributed by atoms with Gasteiger partial charge in [0.1, 0.15) is 0 Å². The fraction of sp³-hybridized carbons (Fsp3) is 0.455. The van der Waals surface area contributed by atoms with E-state index in [4.69, 9.17) is 14.7 Å². The molecule has 0 spiro atoms. The zero-order valence-electron chi connectivity index (χ0n) is 10.8. The molecule has 1 aromatic rings. The van der Waals surface area contributed by atoms with Gasteiger partial charge in [-0.1, -0.05) is 0 Å². The van der Waals surface area contributed by atoms with Gasteiger partial charge >= 0.3 is 112 Å². The first-order valence-electron chi connectivity index (χ1n) is 5.75. The third-order valence-corrected chi connectivity index (χ3v) is 4.90. The van der Waals surface area contributed by atoms with E-state index < -0.39 is 21.3 Å². The molecule has 0 aliphatic rings. The summed E-state index contributed by atoms with van der Waals surface area (Å²) in [5.74, 6) is 0. The number of benzene rings is 1. The number of rotatable bonds is 5. The quantitative estimate of drug-likeness (QED) is 0.432. The summed E-state index contributed by atoms with van der Waals surface area (Å²) < 4.78 is 0. The second-order valence-corrected chi connectivity index (χ2v) is 9.18. The van der Waals surface area contributed by atoms with Crippen LogP contribution in [0.25, 0.3) is 0 Å². The Bertz CT molecular complexity index is 436. The van der Waals surface area contributed by atoms with Crippen molar-refractivity contribution in [3.63, 3.8) is 0 Å². The van der Waals surface area contributed by atoms with E-state index in [2.05, 4.69) is 6.07 Å². The molecule has 0 bridgehead atoms. The monoisotopic (exact) mass is 311 g/mol. The van der Waals surface area contributed by atoms with Crippen molar-refractivity contribution in [3.05, 3.63) is 35.4 Å². The number of hydrogen-bond acceptors (Lipinski definition) is 6. The summed E-state index contributed by atoms with van der Waals surface area (Å²) in [6, 6.07) is 7.84. The van der Waals surface area contributed by atoms with Crippen LogP contribution in [0.4, 0.5) is 0 Å².